The van der Waals surface area contributed by atoms with Crippen molar-refractivity contribution < 1.29 is 8.78 Å². The van der Waals surface area contributed by atoms with E-state index >= 15 is 0 Å². The lowest BCUT2D eigenvalue weighted by Crippen LogP contribution is -2.24. The normalized spacial score (nSPS) is 11.2. The lowest BCUT2D eigenvalue weighted by molar-refractivity contribution is 0.0975. The topological polar surface area (TPSA) is 42.2 Å². The van der Waals surface area contributed by atoms with Gasteiger partial charge in [-0.15, -0.1) is 0 Å². The quantitative estimate of drug-likeness (QED) is 0.799. The Bertz CT molecular complexity index is 291. The summed E-state index contributed by atoms with van der Waals surface area (Å²) in [6, 6.07) is 3.44. The molecule has 14 heavy (non-hydrogen) atoms. The number of rotatable bonds is 4. The van der Waals surface area contributed by atoms with Crippen molar-refractivity contribution >= 4 is 5.82 Å². The molecule has 0 spiro atoms. The Morgan fingerprint density at radius 2 is 2.29 bits per heavy atom. The average molecular weight is 201 g/mol. The van der Waals surface area contributed by atoms with Crippen molar-refractivity contribution in [1.29, 1.82) is 0 Å². The van der Waals surface area contributed by atoms with Gasteiger partial charge in [0.15, 0.2) is 0 Å². The van der Waals surface area contributed by atoms with Gasteiger partial charge in [-0.05, 0) is 24.7 Å². The van der Waals surface area contributed by atoms with Gasteiger partial charge in [-0.3, -0.25) is 4.90 Å². The van der Waals surface area contributed by atoms with Gasteiger partial charge < -0.3 is 5.73 Å². The third-order valence-corrected chi connectivity index (χ3v) is 1.75. The predicted molar refractivity (Wildman–Crippen MR) is 51.0 cm³/mol. The number of halogens is 2. The molecule has 1 rings (SSSR count). The molecule has 1 heterocycles. The van der Waals surface area contributed by atoms with Gasteiger partial charge in [-0.1, -0.05) is 0 Å². The van der Waals surface area contributed by atoms with Crippen molar-refractivity contribution in [3.05, 3.63) is 23.9 Å². The molecule has 0 radical (unpaired) electrons. The molecule has 0 atom stereocenters. The Morgan fingerprint density at radius 3 is 2.86 bits per heavy atom. The van der Waals surface area contributed by atoms with Crippen molar-refractivity contribution in [3.63, 3.8) is 0 Å². The van der Waals surface area contributed by atoms with Crippen molar-refractivity contribution in [2.24, 2.45) is 0 Å². The van der Waals surface area contributed by atoms with Crippen LogP contribution in [-0.2, 0) is 6.54 Å². The van der Waals surface area contributed by atoms with E-state index in [1.165, 1.54) is 0 Å². The molecule has 78 valence electrons. The molecule has 1 aromatic rings. The smallest absolute Gasteiger partial charge is 0.251 e. The number of aromatic nitrogens is 1. The Balaban J connectivity index is 2.51. The highest BCUT2D eigenvalue weighted by atomic mass is 19.3. The fourth-order valence-electron chi connectivity index (χ4n) is 1.20. The van der Waals surface area contributed by atoms with E-state index in [2.05, 4.69) is 4.98 Å². The summed E-state index contributed by atoms with van der Waals surface area (Å²) in [5.74, 6) is 0.410. The van der Waals surface area contributed by atoms with E-state index in [1.807, 2.05) is 0 Å². The molecule has 0 fully saturated rings. The second kappa shape index (κ2) is 4.85. The standard InChI is InChI=1S/C9H13F2N3/c1-14(6-8(10)11)5-7-2-3-13-9(12)4-7/h2-4,8H,5-6H2,1H3,(H2,12,13). The van der Waals surface area contributed by atoms with Crippen LogP contribution < -0.4 is 5.73 Å². The number of nitrogens with two attached hydrogens (primary N) is 1. The van der Waals surface area contributed by atoms with Crippen LogP contribution in [0.2, 0.25) is 0 Å². The molecular weight excluding hydrogens is 188 g/mol. The Hall–Kier alpha value is -1.23. The molecule has 0 amide bonds. The van der Waals surface area contributed by atoms with E-state index in [4.69, 9.17) is 5.73 Å². The summed E-state index contributed by atoms with van der Waals surface area (Å²) in [6.45, 7) is 0.222. The first-order valence-corrected chi connectivity index (χ1v) is 4.25. The number of anilines is 1. The number of hydrogen-bond acceptors (Lipinski definition) is 3. The van der Waals surface area contributed by atoms with Crippen LogP contribution in [-0.4, -0.2) is 29.9 Å². The van der Waals surface area contributed by atoms with Crippen molar-refractivity contribution in [1.82, 2.24) is 9.88 Å². The van der Waals surface area contributed by atoms with Crippen LogP contribution >= 0.6 is 0 Å². The first kappa shape index (κ1) is 10.8. The van der Waals surface area contributed by atoms with Crippen LogP contribution in [0.4, 0.5) is 14.6 Å². The number of pyridine rings is 1. The van der Waals surface area contributed by atoms with E-state index in [1.54, 1.807) is 30.3 Å². The Morgan fingerprint density at radius 1 is 1.57 bits per heavy atom. The minimum Gasteiger partial charge on any atom is -0.384 e. The van der Waals surface area contributed by atoms with Gasteiger partial charge in [-0.2, -0.15) is 0 Å². The van der Waals surface area contributed by atoms with E-state index < -0.39 is 6.43 Å². The van der Waals surface area contributed by atoms with Crippen LogP contribution in [0.5, 0.6) is 0 Å². The number of nitrogens with zero attached hydrogens (tertiary/aromatic N) is 2. The minimum absolute atomic E-state index is 0.234. The van der Waals surface area contributed by atoms with E-state index in [9.17, 15) is 8.78 Å². The molecule has 0 saturated heterocycles. The lowest BCUT2D eigenvalue weighted by atomic mass is 10.2. The second-order valence-corrected chi connectivity index (χ2v) is 3.18. The van der Waals surface area contributed by atoms with Gasteiger partial charge >= 0.3 is 0 Å². The largest absolute Gasteiger partial charge is 0.384 e. The highest BCUT2D eigenvalue weighted by Crippen LogP contribution is 2.07. The van der Waals surface area contributed by atoms with Crippen molar-refractivity contribution in [2.45, 2.75) is 13.0 Å². The van der Waals surface area contributed by atoms with Gasteiger partial charge in [-0.25, -0.2) is 13.8 Å². The third kappa shape index (κ3) is 3.66. The van der Waals surface area contributed by atoms with Gasteiger partial charge in [0.05, 0.1) is 6.54 Å². The molecule has 0 unspecified atom stereocenters. The Labute approximate surface area is 81.5 Å². The SMILES string of the molecule is CN(Cc1ccnc(N)c1)CC(F)F. The zero-order chi connectivity index (χ0) is 10.6. The fourth-order valence-corrected chi connectivity index (χ4v) is 1.20. The highest BCUT2D eigenvalue weighted by Gasteiger charge is 2.07. The third-order valence-electron chi connectivity index (χ3n) is 1.75. The number of alkyl halides is 2. The summed E-state index contributed by atoms with van der Waals surface area (Å²) in [6.07, 6.45) is -0.736. The first-order chi connectivity index (χ1) is 6.58. The zero-order valence-corrected chi connectivity index (χ0v) is 7.95. The molecule has 1 aromatic heterocycles. The molecule has 0 aliphatic heterocycles. The highest BCUT2D eigenvalue weighted by molar-refractivity contribution is 5.31. The average Bonchev–Trinajstić information content (AvgIpc) is 2.01. The maximum absolute atomic E-state index is 12.0. The van der Waals surface area contributed by atoms with E-state index in [0.29, 0.717) is 12.4 Å². The molecule has 3 nitrogen and oxygen atoms in total. The summed E-state index contributed by atoms with van der Waals surface area (Å²) in [5, 5.41) is 0. The van der Waals surface area contributed by atoms with Gasteiger partial charge in [0.2, 0.25) is 0 Å². The summed E-state index contributed by atoms with van der Waals surface area (Å²) >= 11 is 0. The molecule has 0 saturated carbocycles. The van der Waals surface area contributed by atoms with Crippen LogP contribution in [0.3, 0.4) is 0 Å². The lowest BCUT2D eigenvalue weighted by Gasteiger charge is -2.15. The predicted octanol–water partition coefficient (Wildman–Crippen LogP) is 1.36. The molecule has 0 aliphatic carbocycles. The molecule has 0 aliphatic rings. The monoisotopic (exact) mass is 201 g/mol. The minimum atomic E-state index is -2.31. The maximum Gasteiger partial charge on any atom is 0.251 e. The van der Waals surface area contributed by atoms with Crippen molar-refractivity contribution in [2.75, 3.05) is 19.3 Å². The molecule has 0 aromatic carbocycles. The maximum atomic E-state index is 12.0. The molecule has 2 N–H and O–H groups in total. The number of nitrogen functional groups attached to an aromatic ring is 1. The van der Waals surface area contributed by atoms with Crippen molar-refractivity contribution in [3.8, 4) is 0 Å². The van der Waals surface area contributed by atoms with Crippen LogP contribution in [0.15, 0.2) is 18.3 Å². The van der Waals surface area contributed by atoms with Gasteiger partial charge in [0, 0.05) is 12.7 Å². The van der Waals surface area contributed by atoms with Crippen LogP contribution in [0.25, 0.3) is 0 Å². The summed E-state index contributed by atoms with van der Waals surface area (Å²) in [5.41, 5.74) is 6.35. The molecular formula is C9H13F2N3. The van der Waals surface area contributed by atoms with E-state index in [0.717, 1.165) is 5.56 Å². The van der Waals surface area contributed by atoms with Gasteiger partial charge in [0.1, 0.15) is 5.82 Å². The first-order valence-electron chi connectivity index (χ1n) is 4.25. The molecule has 5 heteroatoms. The van der Waals surface area contributed by atoms with Crippen LogP contribution in [0.1, 0.15) is 5.56 Å². The zero-order valence-electron chi connectivity index (χ0n) is 7.95. The second-order valence-electron chi connectivity index (χ2n) is 3.18. The summed E-state index contributed by atoms with van der Waals surface area (Å²) in [4.78, 5) is 5.36. The molecule has 0 bridgehead atoms. The van der Waals surface area contributed by atoms with Gasteiger partial charge in [0.25, 0.3) is 6.43 Å². The summed E-state index contributed by atoms with van der Waals surface area (Å²) in [7, 11) is 1.64. The Kier molecular flexibility index (Phi) is 3.76. The van der Waals surface area contributed by atoms with Crippen LogP contribution in [0, 0.1) is 0 Å². The summed E-state index contributed by atoms with van der Waals surface area (Å²) < 4.78 is 24.0. The van der Waals surface area contributed by atoms with E-state index in [-0.39, 0.29) is 6.54 Å². The fraction of sp³-hybridized carbons (Fsp3) is 0.444. The number of hydrogen-bond donors (Lipinski definition) is 1.